The molecule has 8 heteroatoms. The van der Waals surface area contributed by atoms with Crippen molar-refractivity contribution in [1.82, 2.24) is 14.9 Å². The van der Waals surface area contributed by atoms with Crippen molar-refractivity contribution >= 4 is 5.69 Å². The van der Waals surface area contributed by atoms with Crippen molar-refractivity contribution in [3.8, 4) is 34.9 Å². The van der Waals surface area contributed by atoms with Crippen LogP contribution < -0.4 is 24.3 Å². The minimum Gasteiger partial charge on any atom is -0.497 e. The molecule has 6 rings (SSSR count). The summed E-state index contributed by atoms with van der Waals surface area (Å²) in [5.74, 6) is 3.86. The lowest BCUT2D eigenvalue weighted by atomic mass is 9.84. The van der Waals surface area contributed by atoms with Crippen LogP contribution in [0.3, 0.4) is 0 Å². The van der Waals surface area contributed by atoms with Crippen molar-refractivity contribution in [1.29, 1.82) is 0 Å². The molecule has 0 saturated carbocycles. The topological polar surface area (TPSA) is 78.0 Å². The van der Waals surface area contributed by atoms with Crippen LogP contribution in [0.25, 0.3) is 0 Å². The average Bonchev–Trinajstić information content (AvgIpc) is 2.87. The monoisotopic (exact) mass is 448 g/mol. The van der Waals surface area contributed by atoms with Crippen LogP contribution in [0.15, 0.2) is 54.7 Å². The molecule has 3 saturated heterocycles. The van der Waals surface area contributed by atoms with Crippen molar-refractivity contribution in [3.05, 3.63) is 54.7 Å². The molecule has 172 valence electrons. The van der Waals surface area contributed by atoms with Gasteiger partial charge in [0.2, 0.25) is 5.88 Å². The van der Waals surface area contributed by atoms with Crippen molar-refractivity contribution in [2.24, 2.45) is 5.92 Å². The van der Waals surface area contributed by atoms with Crippen molar-refractivity contribution in [3.63, 3.8) is 0 Å². The van der Waals surface area contributed by atoms with E-state index in [1.165, 1.54) is 25.9 Å². The third kappa shape index (κ3) is 4.96. The second kappa shape index (κ2) is 9.54. The lowest BCUT2D eigenvalue weighted by Gasteiger charge is -2.45. The van der Waals surface area contributed by atoms with Crippen LogP contribution in [-0.2, 0) is 0 Å². The Morgan fingerprint density at radius 3 is 1.94 bits per heavy atom. The number of rotatable bonds is 8. The van der Waals surface area contributed by atoms with Crippen LogP contribution >= 0.6 is 0 Å². The lowest BCUT2D eigenvalue weighted by Crippen LogP contribution is -2.53. The van der Waals surface area contributed by atoms with Gasteiger partial charge in [0.15, 0.2) is 0 Å². The second-order valence-electron chi connectivity index (χ2n) is 8.32. The first-order valence-electron chi connectivity index (χ1n) is 11.2. The first kappa shape index (κ1) is 21.3. The zero-order valence-electron chi connectivity index (χ0n) is 18.9. The van der Waals surface area contributed by atoms with Crippen molar-refractivity contribution < 1.29 is 18.9 Å². The Hall–Kier alpha value is -3.52. The number of fused-ring (bicyclic) bond motifs is 3. The summed E-state index contributed by atoms with van der Waals surface area (Å²) in [6, 6.07) is 15.2. The van der Waals surface area contributed by atoms with Gasteiger partial charge in [-0.1, -0.05) is 0 Å². The fourth-order valence-corrected chi connectivity index (χ4v) is 4.41. The summed E-state index contributed by atoms with van der Waals surface area (Å²) in [4.78, 5) is 11.5. The Morgan fingerprint density at radius 1 is 0.818 bits per heavy atom. The summed E-state index contributed by atoms with van der Waals surface area (Å²) in [5, 5.41) is 3.64. The maximum absolute atomic E-state index is 6.16. The SMILES string of the molecule is COc1ccc(Oc2ncc(NC3CN4CCC3CC4)c(Oc3ccc(OC)cc3)n2)cc1. The van der Waals surface area contributed by atoms with Gasteiger partial charge in [-0.05, 0) is 80.4 Å². The minimum absolute atomic E-state index is 0.211. The number of benzene rings is 2. The van der Waals surface area contributed by atoms with E-state index in [0.29, 0.717) is 29.3 Å². The van der Waals surface area contributed by atoms with E-state index >= 15 is 0 Å². The molecule has 8 nitrogen and oxygen atoms in total. The predicted octanol–water partition coefficient (Wildman–Crippen LogP) is 4.58. The molecule has 0 radical (unpaired) electrons. The maximum Gasteiger partial charge on any atom is 0.325 e. The van der Waals surface area contributed by atoms with E-state index < -0.39 is 0 Å². The molecule has 33 heavy (non-hydrogen) atoms. The molecule has 1 atom stereocenters. The molecule has 2 bridgehead atoms. The van der Waals surface area contributed by atoms with Crippen LogP contribution in [0.4, 0.5) is 5.69 Å². The van der Waals surface area contributed by atoms with Gasteiger partial charge in [0, 0.05) is 12.6 Å². The Bertz CT molecular complexity index is 1070. The number of methoxy groups -OCH3 is 2. The van der Waals surface area contributed by atoms with Gasteiger partial charge in [0.25, 0.3) is 0 Å². The lowest BCUT2D eigenvalue weighted by molar-refractivity contribution is 0.0974. The normalized spacial score (nSPS) is 21.3. The molecule has 3 fully saturated rings. The minimum atomic E-state index is 0.211. The van der Waals surface area contributed by atoms with Crippen LogP contribution in [0.5, 0.6) is 34.9 Å². The van der Waals surface area contributed by atoms with Gasteiger partial charge < -0.3 is 29.2 Å². The smallest absolute Gasteiger partial charge is 0.325 e. The summed E-state index contributed by atoms with van der Waals surface area (Å²) in [5.41, 5.74) is 0.756. The Morgan fingerprint density at radius 2 is 1.39 bits per heavy atom. The van der Waals surface area contributed by atoms with Gasteiger partial charge >= 0.3 is 6.01 Å². The number of nitrogens with one attached hydrogen (secondary N) is 1. The molecule has 0 aliphatic carbocycles. The highest BCUT2D eigenvalue weighted by Gasteiger charge is 2.34. The molecule has 2 aromatic carbocycles. The highest BCUT2D eigenvalue weighted by Crippen LogP contribution is 2.35. The fraction of sp³-hybridized carbons (Fsp3) is 0.360. The molecular formula is C25H28N4O4. The second-order valence-corrected chi connectivity index (χ2v) is 8.32. The van der Waals surface area contributed by atoms with E-state index in [1.54, 1.807) is 20.4 Å². The third-order valence-electron chi connectivity index (χ3n) is 6.27. The van der Waals surface area contributed by atoms with E-state index in [1.807, 2.05) is 48.5 Å². The van der Waals surface area contributed by atoms with Gasteiger partial charge in [-0.25, -0.2) is 4.98 Å². The number of ether oxygens (including phenoxy) is 4. The number of nitrogens with zero attached hydrogens (tertiary/aromatic N) is 3. The van der Waals surface area contributed by atoms with E-state index in [4.69, 9.17) is 18.9 Å². The fourth-order valence-electron chi connectivity index (χ4n) is 4.41. The Kier molecular flexibility index (Phi) is 6.17. The zero-order chi connectivity index (χ0) is 22.6. The average molecular weight is 449 g/mol. The summed E-state index contributed by atoms with van der Waals surface area (Å²) in [7, 11) is 3.27. The van der Waals surface area contributed by atoms with Crippen molar-refractivity contribution in [2.75, 3.05) is 39.2 Å². The number of aromatic nitrogens is 2. The van der Waals surface area contributed by atoms with E-state index in [2.05, 4.69) is 20.2 Å². The van der Waals surface area contributed by atoms with E-state index in [0.717, 1.165) is 23.7 Å². The first-order valence-corrected chi connectivity index (χ1v) is 11.2. The quantitative estimate of drug-likeness (QED) is 0.536. The highest BCUT2D eigenvalue weighted by molar-refractivity contribution is 5.54. The van der Waals surface area contributed by atoms with Crippen LogP contribution in [0.2, 0.25) is 0 Å². The standard InChI is InChI=1S/C25H28N4O4/c1-30-18-3-7-20(8-4-18)32-24-22(27-23-16-29-13-11-17(23)12-14-29)15-26-25(28-24)33-21-9-5-19(31-2)6-10-21/h3-10,15,17,23,27H,11-14,16H2,1-2H3. The number of hydrogen-bond donors (Lipinski definition) is 1. The van der Waals surface area contributed by atoms with Crippen LogP contribution in [0, 0.1) is 5.92 Å². The first-order chi connectivity index (χ1) is 16.2. The maximum atomic E-state index is 6.16. The molecule has 1 unspecified atom stereocenters. The third-order valence-corrected chi connectivity index (χ3v) is 6.27. The number of piperidine rings is 3. The molecule has 4 heterocycles. The molecule has 3 aromatic rings. The molecule has 3 aliphatic heterocycles. The van der Waals surface area contributed by atoms with E-state index in [9.17, 15) is 0 Å². The van der Waals surface area contributed by atoms with Gasteiger partial charge in [-0.15, -0.1) is 0 Å². The van der Waals surface area contributed by atoms with Gasteiger partial charge in [-0.3, -0.25) is 0 Å². The highest BCUT2D eigenvalue weighted by atomic mass is 16.5. The molecule has 1 N–H and O–H groups in total. The van der Waals surface area contributed by atoms with Crippen LogP contribution in [-0.4, -0.2) is 54.8 Å². The van der Waals surface area contributed by atoms with Gasteiger partial charge in [0.1, 0.15) is 28.7 Å². The molecule has 1 aromatic heterocycles. The molecule has 0 amide bonds. The van der Waals surface area contributed by atoms with Gasteiger partial charge in [0.05, 0.1) is 20.4 Å². The van der Waals surface area contributed by atoms with Crippen LogP contribution in [0.1, 0.15) is 12.8 Å². The van der Waals surface area contributed by atoms with Gasteiger partial charge in [-0.2, -0.15) is 4.98 Å². The number of anilines is 1. The zero-order valence-corrected chi connectivity index (χ0v) is 18.9. The summed E-state index contributed by atoms with van der Waals surface area (Å²) < 4.78 is 22.5. The van der Waals surface area contributed by atoms with Crippen molar-refractivity contribution in [2.45, 2.75) is 18.9 Å². The summed E-state index contributed by atoms with van der Waals surface area (Å²) >= 11 is 0. The summed E-state index contributed by atoms with van der Waals surface area (Å²) in [6.45, 7) is 3.39. The summed E-state index contributed by atoms with van der Waals surface area (Å²) in [6.07, 6.45) is 4.17. The molecular weight excluding hydrogens is 420 g/mol. The number of hydrogen-bond acceptors (Lipinski definition) is 8. The van der Waals surface area contributed by atoms with E-state index in [-0.39, 0.29) is 6.01 Å². The predicted molar refractivity (Wildman–Crippen MR) is 125 cm³/mol. The largest absolute Gasteiger partial charge is 0.497 e. The molecule has 0 spiro atoms. The molecule has 3 aliphatic rings. The Balaban J connectivity index is 1.39. The Labute approximate surface area is 193 Å².